The minimum absolute atomic E-state index is 0.154. The minimum atomic E-state index is -4.45. The summed E-state index contributed by atoms with van der Waals surface area (Å²) in [7, 11) is 0. The molecule has 0 saturated heterocycles. The van der Waals surface area contributed by atoms with Crippen molar-refractivity contribution >= 4 is 17.3 Å². The number of carboxylic acid groups (broad SMARTS) is 1. The molecule has 10 heteroatoms. The molecule has 2 N–H and O–H groups in total. The first-order valence-electron chi connectivity index (χ1n) is 7.36. The summed E-state index contributed by atoms with van der Waals surface area (Å²) in [5.41, 5.74) is 0.402. The van der Waals surface area contributed by atoms with E-state index in [1.165, 1.54) is 12.1 Å². The van der Waals surface area contributed by atoms with Gasteiger partial charge >= 0.3 is 12.1 Å². The molecule has 0 amide bonds. The lowest BCUT2D eigenvalue weighted by molar-refractivity contribution is -0.138. The largest absolute Gasteiger partial charge is 0.480 e. The summed E-state index contributed by atoms with van der Waals surface area (Å²) in [5, 5.41) is 23.1. The second kappa shape index (κ2) is 6.82. The SMILES string of the molecule is O=C(O)Cn1nnc(-c2ccccc2Nc2cccc(C(F)(F)F)c2)n1. The van der Waals surface area contributed by atoms with Gasteiger partial charge in [-0.2, -0.15) is 18.0 Å². The number of alkyl halides is 3. The van der Waals surface area contributed by atoms with Crippen molar-refractivity contribution in [3.8, 4) is 11.4 Å². The third-order valence-corrected chi connectivity index (χ3v) is 3.37. The fourth-order valence-corrected chi connectivity index (χ4v) is 2.25. The Labute approximate surface area is 145 Å². The van der Waals surface area contributed by atoms with Crippen molar-refractivity contribution in [1.29, 1.82) is 0 Å². The minimum Gasteiger partial charge on any atom is -0.480 e. The first-order valence-corrected chi connectivity index (χ1v) is 7.36. The molecule has 0 atom stereocenters. The summed E-state index contributed by atoms with van der Waals surface area (Å²) in [5.74, 6) is -0.967. The van der Waals surface area contributed by atoms with Gasteiger partial charge in [-0.25, -0.2) is 0 Å². The van der Waals surface area contributed by atoms with E-state index < -0.39 is 24.3 Å². The highest BCUT2D eigenvalue weighted by Gasteiger charge is 2.30. The molecule has 0 aliphatic rings. The maximum absolute atomic E-state index is 12.9. The number of aliphatic carboxylic acids is 1. The second-order valence-electron chi connectivity index (χ2n) is 5.29. The number of carbonyl (C=O) groups is 1. The molecule has 2 aromatic carbocycles. The lowest BCUT2D eigenvalue weighted by atomic mass is 10.1. The van der Waals surface area contributed by atoms with Gasteiger partial charge < -0.3 is 10.4 Å². The van der Waals surface area contributed by atoms with Crippen molar-refractivity contribution in [2.75, 3.05) is 5.32 Å². The lowest BCUT2D eigenvalue weighted by Crippen LogP contribution is -2.11. The second-order valence-corrected chi connectivity index (χ2v) is 5.29. The molecule has 0 aliphatic heterocycles. The van der Waals surface area contributed by atoms with Crippen LogP contribution in [0.2, 0.25) is 0 Å². The third kappa shape index (κ3) is 3.97. The van der Waals surface area contributed by atoms with Gasteiger partial charge in [0.2, 0.25) is 5.82 Å². The Morgan fingerprint density at radius 2 is 1.92 bits per heavy atom. The third-order valence-electron chi connectivity index (χ3n) is 3.37. The van der Waals surface area contributed by atoms with E-state index in [1.807, 2.05) is 0 Å². The molecule has 0 saturated carbocycles. The van der Waals surface area contributed by atoms with E-state index >= 15 is 0 Å². The predicted molar refractivity (Wildman–Crippen MR) is 85.6 cm³/mol. The van der Waals surface area contributed by atoms with Gasteiger partial charge in [-0.15, -0.1) is 10.2 Å². The van der Waals surface area contributed by atoms with Gasteiger partial charge in [0.15, 0.2) is 6.54 Å². The fraction of sp³-hybridized carbons (Fsp3) is 0.125. The van der Waals surface area contributed by atoms with Crippen molar-refractivity contribution in [2.24, 2.45) is 0 Å². The zero-order valence-electron chi connectivity index (χ0n) is 13.1. The van der Waals surface area contributed by atoms with E-state index in [-0.39, 0.29) is 11.5 Å². The zero-order chi connectivity index (χ0) is 18.7. The average molecular weight is 363 g/mol. The molecule has 0 aliphatic carbocycles. The number of hydrogen-bond acceptors (Lipinski definition) is 5. The number of para-hydroxylation sites is 1. The summed E-state index contributed by atoms with van der Waals surface area (Å²) < 4.78 is 38.6. The number of anilines is 2. The predicted octanol–water partition coefficient (Wildman–Crippen LogP) is 3.19. The van der Waals surface area contributed by atoms with E-state index in [0.29, 0.717) is 11.3 Å². The summed E-state index contributed by atoms with van der Waals surface area (Å²) in [6.07, 6.45) is -4.45. The number of aromatic nitrogens is 4. The van der Waals surface area contributed by atoms with Crippen LogP contribution in [0.25, 0.3) is 11.4 Å². The number of hydrogen-bond donors (Lipinski definition) is 2. The summed E-state index contributed by atoms with van der Waals surface area (Å²) in [6.45, 7) is -0.448. The summed E-state index contributed by atoms with van der Waals surface area (Å²) >= 11 is 0. The molecule has 0 bridgehead atoms. The van der Waals surface area contributed by atoms with E-state index in [4.69, 9.17) is 5.11 Å². The number of nitrogens with one attached hydrogen (secondary N) is 1. The molecule has 0 spiro atoms. The molecule has 7 nitrogen and oxygen atoms in total. The number of rotatable bonds is 5. The van der Waals surface area contributed by atoms with Gasteiger partial charge in [-0.3, -0.25) is 4.79 Å². The lowest BCUT2D eigenvalue weighted by Gasteiger charge is -2.12. The number of halogens is 3. The monoisotopic (exact) mass is 363 g/mol. The van der Waals surface area contributed by atoms with Crippen LogP contribution in [0.3, 0.4) is 0 Å². The Balaban J connectivity index is 1.91. The number of tetrazole rings is 1. The summed E-state index contributed by atoms with van der Waals surface area (Å²) in [4.78, 5) is 11.6. The van der Waals surface area contributed by atoms with E-state index in [2.05, 4.69) is 20.7 Å². The molecule has 3 rings (SSSR count). The molecule has 3 aromatic rings. The molecule has 0 unspecified atom stereocenters. The van der Waals surface area contributed by atoms with Gasteiger partial charge in [-0.1, -0.05) is 18.2 Å². The fourth-order valence-electron chi connectivity index (χ4n) is 2.25. The van der Waals surface area contributed by atoms with Crippen LogP contribution in [0.4, 0.5) is 24.5 Å². The van der Waals surface area contributed by atoms with Crippen LogP contribution in [0.5, 0.6) is 0 Å². The topological polar surface area (TPSA) is 92.9 Å². The normalized spacial score (nSPS) is 11.3. The molecule has 0 radical (unpaired) electrons. The molecule has 134 valence electrons. The molecule has 1 aromatic heterocycles. The quantitative estimate of drug-likeness (QED) is 0.723. The van der Waals surface area contributed by atoms with Crippen molar-refractivity contribution < 1.29 is 23.1 Å². The van der Waals surface area contributed by atoms with Gasteiger partial charge in [0, 0.05) is 16.9 Å². The Bertz CT molecular complexity index is 939. The van der Waals surface area contributed by atoms with Crippen LogP contribution in [-0.4, -0.2) is 31.3 Å². The van der Waals surface area contributed by atoms with Crippen LogP contribution in [0, 0.1) is 0 Å². The van der Waals surface area contributed by atoms with Crippen LogP contribution >= 0.6 is 0 Å². The average Bonchev–Trinajstić information content (AvgIpc) is 3.02. The van der Waals surface area contributed by atoms with Crippen molar-refractivity contribution in [1.82, 2.24) is 20.2 Å². The van der Waals surface area contributed by atoms with Crippen LogP contribution < -0.4 is 5.32 Å². The van der Waals surface area contributed by atoms with Gasteiger partial charge in [0.1, 0.15) is 0 Å². The van der Waals surface area contributed by atoms with Crippen LogP contribution in [0.15, 0.2) is 48.5 Å². The first kappa shape index (κ1) is 17.4. The van der Waals surface area contributed by atoms with E-state index in [0.717, 1.165) is 16.9 Å². The van der Waals surface area contributed by atoms with Crippen LogP contribution in [0.1, 0.15) is 5.56 Å². The standard InChI is InChI=1S/C16H12F3N5O2/c17-16(18,19)10-4-3-5-11(8-10)20-13-7-2-1-6-12(13)15-21-23-24(22-15)9-14(25)26/h1-8,20H,9H2,(H,25,26). The Morgan fingerprint density at radius 1 is 1.15 bits per heavy atom. The molecule has 26 heavy (non-hydrogen) atoms. The highest BCUT2D eigenvalue weighted by molar-refractivity contribution is 5.77. The van der Waals surface area contributed by atoms with Crippen molar-refractivity contribution in [3.05, 3.63) is 54.1 Å². The smallest absolute Gasteiger partial charge is 0.416 e. The van der Waals surface area contributed by atoms with Crippen LogP contribution in [-0.2, 0) is 17.5 Å². The number of carboxylic acids is 1. The van der Waals surface area contributed by atoms with Gasteiger partial charge in [-0.05, 0) is 35.5 Å². The first-order chi connectivity index (χ1) is 12.3. The van der Waals surface area contributed by atoms with Gasteiger partial charge in [0.05, 0.1) is 5.56 Å². The molecule has 0 fully saturated rings. The Kier molecular flexibility index (Phi) is 4.57. The van der Waals surface area contributed by atoms with Gasteiger partial charge in [0.25, 0.3) is 0 Å². The van der Waals surface area contributed by atoms with Crippen molar-refractivity contribution in [3.63, 3.8) is 0 Å². The van der Waals surface area contributed by atoms with Crippen molar-refractivity contribution in [2.45, 2.75) is 12.7 Å². The summed E-state index contributed by atoms with van der Waals surface area (Å²) in [6, 6.07) is 11.5. The number of benzene rings is 2. The molecule has 1 heterocycles. The maximum atomic E-state index is 12.9. The highest BCUT2D eigenvalue weighted by atomic mass is 19.4. The molecular weight excluding hydrogens is 351 g/mol. The Hall–Kier alpha value is -3.43. The van der Waals surface area contributed by atoms with E-state index in [1.54, 1.807) is 24.3 Å². The maximum Gasteiger partial charge on any atom is 0.416 e. The Morgan fingerprint density at radius 3 is 2.65 bits per heavy atom. The molecular formula is C16H12F3N5O2. The zero-order valence-corrected chi connectivity index (χ0v) is 13.1. The number of nitrogens with zero attached hydrogens (tertiary/aromatic N) is 4. The highest BCUT2D eigenvalue weighted by Crippen LogP contribution is 2.33. The van der Waals surface area contributed by atoms with E-state index in [9.17, 15) is 18.0 Å².